The fraction of sp³-hybridized carbons (Fsp3) is 0.733. The third-order valence-electron chi connectivity index (χ3n) is 5.32. The van der Waals surface area contributed by atoms with Gasteiger partial charge in [0.2, 0.25) is 0 Å². The number of rotatable bonds is 6. The zero-order valence-electron chi connectivity index (χ0n) is 14.0. The Balaban J connectivity index is 0.00000200. The van der Waals surface area contributed by atoms with Crippen molar-refractivity contribution in [2.75, 3.05) is 0 Å². The Bertz CT molecular complexity index is 372. The second-order valence-corrected chi connectivity index (χ2v) is 25.9. The van der Waals surface area contributed by atoms with Crippen molar-refractivity contribution in [2.24, 2.45) is 0 Å². The summed E-state index contributed by atoms with van der Waals surface area (Å²) in [5.41, 5.74) is 0. The van der Waals surface area contributed by atoms with Gasteiger partial charge in [-0.05, 0) is 0 Å². The van der Waals surface area contributed by atoms with Gasteiger partial charge >= 0.3 is 128 Å². The smallest absolute Gasteiger partial charge is 1.00 e. The molecule has 0 bridgehead atoms. The monoisotopic (exact) mass is 398 g/mol. The first kappa shape index (κ1) is 22.2. The van der Waals surface area contributed by atoms with E-state index in [0.717, 1.165) is 6.04 Å². The summed E-state index contributed by atoms with van der Waals surface area (Å²) >= 11 is -1.21. The van der Waals surface area contributed by atoms with Crippen LogP contribution in [-0.2, 0) is 17.4 Å². The number of hydrogen-bond acceptors (Lipinski definition) is 1. The van der Waals surface area contributed by atoms with E-state index in [4.69, 9.17) is 0 Å². The summed E-state index contributed by atoms with van der Waals surface area (Å²) in [6, 6.07) is 3.87. The first-order valence-corrected chi connectivity index (χ1v) is 18.0. The molecule has 1 unspecified atom stereocenters. The van der Waals surface area contributed by atoms with Crippen LogP contribution in [0.2, 0.25) is 35.1 Å². The maximum Gasteiger partial charge on any atom is -1.00 e. The minimum atomic E-state index is -1.21. The molecule has 1 nitrogen and oxygen atoms in total. The second-order valence-electron chi connectivity index (χ2n) is 7.02. The summed E-state index contributed by atoms with van der Waals surface area (Å²) in [7, 11) is -1.05. The van der Waals surface area contributed by atoms with Gasteiger partial charge in [-0.2, -0.15) is 0 Å². The van der Waals surface area contributed by atoms with E-state index in [1.165, 1.54) is 12.8 Å². The molecule has 1 heterocycles. The number of halogens is 2. The molecule has 1 aliphatic heterocycles. The fourth-order valence-electron chi connectivity index (χ4n) is 3.63. The Hall–Kier alpha value is 1.17. The Kier molecular flexibility index (Phi) is 9.36. The van der Waals surface area contributed by atoms with Gasteiger partial charge in [-0.15, -0.1) is 0 Å². The second kappa shape index (κ2) is 8.86. The van der Waals surface area contributed by atoms with Crippen LogP contribution in [0.4, 0.5) is 0 Å². The first-order valence-electron chi connectivity index (χ1n) is 7.96. The van der Waals surface area contributed by atoms with Crippen molar-refractivity contribution < 1.29 is 42.2 Å². The topological polar surface area (TPSA) is 12.0 Å². The molecule has 0 radical (unpaired) electrons. The van der Waals surface area contributed by atoms with E-state index in [1.807, 2.05) is 0 Å². The van der Waals surface area contributed by atoms with Gasteiger partial charge < -0.3 is 24.8 Å². The van der Waals surface area contributed by atoms with E-state index < -0.39 is 32.1 Å². The number of allylic oxidation sites excluding steroid dienone is 4. The molecule has 0 saturated carbocycles. The van der Waals surface area contributed by atoms with Crippen LogP contribution in [0.5, 0.6) is 0 Å². The molecular formula is C15H30Cl2NSi2Ti. The van der Waals surface area contributed by atoms with Gasteiger partial charge in [-0.3, -0.25) is 0 Å². The van der Waals surface area contributed by atoms with Crippen LogP contribution in [0.1, 0.15) is 26.7 Å². The van der Waals surface area contributed by atoms with Crippen LogP contribution in [-0.4, -0.2) is 20.8 Å². The minimum Gasteiger partial charge on any atom is -1.00 e. The van der Waals surface area contributed by atoms with Crippen molar-refractivity contribution in [3.05, 3.63) is 24.3 Å². The number of hydrogen-bond donors (Lipinski definition) is 1. The molecule has 1 fully saturated rings. The summed E-state index contributed by atoms with van der Waals surface area (Å²) < 4.78 is 4.78. The van der Waals surface area contributed by atoms with Gasteiger partial charge in [0, 0.05) is 0 Å². The van der Waals surface area contributed by atoms with Gasteiger partial charge in [0.05, 0.1) is 0 Å². The van der Waals surface area contributed by atoms with Crippen LogP contribution in [0.3, 0.4) is 0 Å². The summed E-state index contributed by atoms with van der Waals surface area (Å²) in [6.07, 6.45) is 12.8. The molecular weight excluding hydrogens is 369 g/mol. The molecule has 1 aliphatic carbocycles. The van der Waals surface area contributed by atoms with Crippen molar-refractivity contribution >= 4 is 14.7 Å². The zero-order chi connectivity index (χ0) is 14.1. The van der Waals surface area contributed by atoms with Gasteiger partial charge in [0.15, 0.2) is 0 Å². The molecule has 0 aromatic rings. The van der Waals surface area contributed by atoms with E-state index in [9.17, 15) is 0 Å². The molecule has 21 heavy (non-hydrogen) atoms. The molecule has 2 rings (SSSR count). The van der Waals surface area contributed by atoms with Crippen LogP contribution in [0.25, 0.3) is 0 Å². The summed E-state index contributed by atoms with van der Waals surface area (Å²) in [5.74, 6) is 0. The maximum absolute atomic E-state index is 4.18. The molecule has 0 aromatic carbocycles. The van der Waals surface area contributed by atoms with Crippen LogP contribution >= 0.6 is 0 Å². The van der Waals surface area contributed by atoms with Crippen molar-refractivity contribution in [2.45, 2.75) is 67.8 Å². The van der Waals surface area contributed by atoms with E-state index in [1.54, 1.807) is 12.1 Å². The standard InChI is InChI=1S/C9H13Si.C4H10N.C2H7Si.2ClH.Ti/c1-10(7-4-8-10)9-5-2-3-6-9;1-3-4(2)5;1-3-2;;;/h2-3,5-6H,4,7-8H2,1H3;4-5H,3H2,1-2H3;3H,1-2H3;2*1H;/q;-1;;;;+3/p-2. The number of nitrogens with one attached hydrogen (secondary N) is 1. The van der Waals surface area contributed by atoms with Crippen LogP contribution in [0.15, 0.2) is 24.3 Å². The molecule has 1 atom stereocenters. The van der Waals surface area contributed by atoms with Crippen molar-refractivity contribution in [1.82, 2.24) is 3.80 Å². The molecule has 0 amide bonds. The third-order valence-corrected chi connectivity index (χ3v) is 28.1. The van der Waals surface area contributed by atoms with Crippen molar-refractivity contribution in [3.63, 3.8) is 0 Å². The first-order chi connectivity index (χ1) is 8.95. The molecule has 0 spiro atoms. The third kappa shape index (κ3) is 4.17. The molecule has 121 valence electrons. The Labute approximate surface area is 152 Å². The minimum absolute atomic E-state index is 0. The van der Waals surface area contributed by atoms with Gasteiger partial charge in [-0.25, -0.2) is 0 Å². The summed E-state index contributed by atoms with van der Waals surface area (Å²) in [5, 5.41) is 0. The maximum atomic E-state index is 4.18. The molecule has 1 N–H and O–H groups in total. The quantitative estimate of drug-likeness (QED) is 0.521. The van der Waals surface area contributed by atoms with E-state index in [-0.39, 0.29) is 24.8 Å². The normalized spacial score (nSPS) is 22.2. The largest absolute Gasteiger partial charge is 1.00 e. The fourth-order valence-corrected chi connectivity index (χ4v) is 31.6. The Morgan fingerprint density at radius 1 is 1.24 bits per heavy atom. The van der Waals surface area contributed by atoms with Gasteiger partial charge in [-0.1, -0.05) is 0 Å². The predicted molar refractivity (Wildman–Crippen MR) is 88.6 cm³/mol. The van der Waals surface area contributed by atoms with Gasteiger partial charge in [0.25, 0.3) is 0 Å². The summed E-state index contributed by atoms with van der Waals surface area (Å²) in [6.45, 7) is 12.0. The van der Waals surface area contributed by atoms with Crippen molar-refractivity contribution in [1.29, 1.82) is 0 Å². The Morgan fingerprint density at radius 2 is 1.76 bits per heavy atom. The molecule has 0 aromatic heterocycles. The van der Waals surface area contributed by atoms with Crippen molar-refractivity contribution in [3.8, 4) is 0 Å². The average Bonchev–Trinajstić information content (AvgIpc) is 2.82. The average molecular weight is 399 g/mol. The zero-order valence-corrected chi connectivity index (χ0v) is 19.3. The van der Waals surface area contributed by atoms with E-state index >= 15 is 0 Å². The molecule has 1 saturated heterocycles. The van der Waals surface area contributed by atoms with E-state index in [0.29, 0.717) is 3.34 Å². The Morgan fingerprint density at radius 3 is 2.10 bits per heavy atom. The van der Waals surface area contributed by atoms with Gasteiger partial charge in [0.1, 0.15) is 0 Å². The van der Waals surface area contributed by atoms with Crippen LogP contribution < -0.4 is 28.6 Å². The SMILES string of the molecule is CCC(C)[NH][Ti+2]([SiH](C)C)[C]1([Si]2(C)CCC2)C=CC=C1.[Cl-].[Cl-]. The molecule has 6 heteroatoms. The molecule has 2 aliphatic rings. The summed E-state index contributed by atoms with van der Waals surface area (Å²) in [4.78, 5) is 0. The predicted octanol–water partition coefficient (Wildman–Crippen LogP) is -1.79. The van der Waals surface area contributed by atoms with Crippen LogP contribution in [0, 0.1) is 0 Å². The van der Waals surface area contributed by atoms with E-state index in [2.05, 4.69) is 61.6 Å².